The molecule has 1 rings (SSSR count). The lowest BCUT2D eigenvalue weighted by molar-refractivity contribution is 0.0157. The standard InChI is InChI=1S/C10H12INO3/c1-6(15-10(12)14)9(13)7-3-2-4-8(11)5-7/h2-6,9,13H,1H3,(H2,12,14)/t6-,9+/m1/s1. The molecule has 4 nitrogen and oxygen atoms in total. The van der Waals surface area contributed by atoms with Gasteiger partial charge in [-0.05, 0) is 47.2 Å². The predicted octanol–water partition coefficient (Wildman–Crippen LogP) is 1.81. The Labute approximate surface area is 102 Å². The van der Waals surface area contributed by atoms with Gasteiger partial charge in [-0.2, -0.15) is 0 Å². The van der Waals surface area contributed by atoms with Crippen molar-refractivity contribution >= 4 is 28.7 Å². The van der Waals surface area contributed by atoms with E-state index in [0.29, 0.717) is 5.56 Å². The van der Waals surface area contributed by atoms with Crippen molar-refractivity contribution in [1.82, 2.24) is 0 Å². The second-order valence-electron chi connectivity index (χ2n) is 3.14. The summed E-state index contributed by atoms with van der Waals surface area (Å²) in [5.74, 6) is 0. The van der Waals surface area contributed by atoms with Gasteiger partial charge in [0.15, 0.2) is 0 Å². The first kappa shape index (κ1) is 12.3. The smallest absolute Gasteiger partial charge is 0.404 e. The molecule has 1 amide bonds. The summed E-state index contributed by atoms with van der Waals surface area (Å²) in [6.45, 7) is 1.59. The summed E-state index contributed by atoms with van der Waals surface area (Å²) in [5, 5.41) is 9.83. The summed E-state index contributed by atoms with van der Waals surface area (Å²) in [4.78, 5) is 10.5. The minimum Gasteiger partial charge on any atom is -0.444 e. The van der Waals surface area contributed by atoms with Gasteiger partial charge in [0.05, 0.1) is 0 Å². The minimum absolute atomic E-state index is 0.652. The molecule has 1 aromatic carbocycles. The predicted molar refractivity (Wildman–Crippen MR) is 64.2 cm³/mol. The van der Waals surface area contributed by atoms with Crippen LogP contribution in [0.2, 0.25) is 0 Å². The molecule has 0 saturated carbocycles. The van der Waals surface area contributed by atoms with Crippen LogP contribution in [0.4, 0.5) is 4.79 Å². The molecule has 0 aliphatic carbocycles. The number of amides is 1. The molecule has 2 atom stereocenters. The molecule has 0 aromatic heterocycles. The van der Waals surface area contributed by atoms with Crippen LogP contribution in [0.5, 0.6) is 0 Å². The summed E-state index contributed by atoms with van der Waals surface area (Å²) in [6.07, 6.45) is -2.39. The Bertz CT molecular complexity index is 356. The Hall–Kier alpha value is -0.820. The van der Waals surface area contributed by atoms with E-state index in [9.17, 15) is 9.90 Å². The van der Waals surface area contributed by atoms with E-state index >= 15 is 0 Å². The second kappa shape index (κ2) is 5.32. The van der Waals surface area contributed by atoms with E-state index in [2.05, 4.69) is 22.6 Å². The van der Waals surface area contributed by atoms with E-state index in [1.165, 1.54) is 0 Å². The lowest BCUT2D eigenvalue weighted by atomic mass is 10.1. The summed E-state index contributed by atoms with van der Waals surface area (Å²) in [5.41, 5.74) is 5.57. The topological polar surface area (TPSA) is 72.5 Å². The van der Waals surface area contributed by atoms with Gasteiger partial charge in [-0.1, -0.05) is 12.1 Å². The number of nitrogens with two attached hydrogens (primary N) is 1. The van der Waals surface area contributed by atoms with Crippen molar-refractivity contribution in [2.45, 2.75) is 19.1 Å². The van der Waals surface area contributed by atoms with Gasteiger partial charge in [0.1, 0.15) is 12.2 Å². The number of rotatable bonds is 3. The van der Waals surface area contributed by atoms with Gasteiger partial charge in [-0.25, -0.2) is 4.79 Å². The fourth-order valence-electron chi connectivity index (χ4n) is 1.21. The average molecular weight is 321 g/mol. The summed E-state index contributed by atoms with van der Waals surface area (Å²) < 4.78 is 5.70. The van der Waals surface area contributed by atoms with Crippen LogP contribution in [-0.2, 0) is 4.74 Å². The number of carbonyl (C=O) groups is 1. The number of aliphatic hydroxyl groups excluding tert-OH is 1. The molecule has 1 aromatic rings. The van der Waals surface area contributed by atoms with Crippen LogP contribution in [0.1, 0.15) is 18.6 Å². The monoisotopic (exact) mass is 321 g/mol. The lowest BCUT2D eigenvalue weighted by Crippen LogP contribution is -2.25. The zero-order valence-corrected chi connectivity index (χ0v) is 10.3. The maximum Gasteiger partial charge on any atom is 0.404 e. The SMILES string of the molecule is C[C@@H](OC(N)=O)[C@H](O)c1cccc(I)c1. The quantitative estimate of drug-likeness (QED) is 0.834. The van der Waals surface area contributed by atoms with E-state index in [-0.39, 0.29) is 0 Å². The van der Waals surface area contributed by atoms with E-state index in [0.717, 1.165) is 3.57 Å². The maximum absolute atomic E-state index is 10.5. The third kappa shape index (κ3) is 3.67. The maximum atomic E-state index is 10.5. The molecular weight excluding hydrogens is 309 g/mol. The Morgan fingerprint density at radius 2 is 2.27 bits per heavy atom. The third-order valence-corrected chi connectivity index (χ3v) is 2.61. The normalized spacial score (nSPS) is 14.3. The van der Waals surface area contributed by atoms with E-state index in [1.807, 2.05) is 18.2 Å². The number of hydrogen-bond donors (Lipinski definition) is 2. The number of primary amides is 1. The molecular formula is C10H12INO3. The number of carbonyl (C=O) groups excluding carboxylic acids is 1. The van der Waals surface area contributed by atoms with Gasteiger partial charge in [0.25, 0.3) is 0 Å². The van der Waals surface area contributed by atoms with Crippen LogP contribution in [0, 0.1) is 3.57 Å². The molecule has 0 unspecified atom stereocenters. The average Bonchev–Trinajstić information content (AvgIpc) is 2.15. The number of benzene rings is 1. The molecule has 5 heteroatoms. The van der Waals surface area contributed by atoms with Crippen LogP contribution in [0.25, 0.3) is 0 Å². The molecule has 0 radical (unpaired) electrons. The van der Waals surface area contributed by atoms with Crippen molar-refractivity contribution in [2.24, 2.45) is 5.73 Å². The molecule has 0 aliphatic heterocycles. The highest BCUT2D eigenvalue weighted by Crippen LogP contribution is 2.20. The summed E-state index contributed by atoms with van der Waals surface area (Å²) >= 11 is 2.14. The Morgan fingerprint density at radius 3 is 2.80 bits per heavy atom. The molecule has 0 aliphatic rings. The zero-order chi connectivity index (χ0) is 11.4. The fraction of sp³-hybridized carbons (Fsp3) is 0.300. The molecule has 0 spiro atoms. The van der Waals surface area contributed by atoms with Crippen molar-refractivity contribution < 1.29 is 14.6 Å². The molecule has 0 saturated heterocycles. The van der Waals surface area contributed by atoms with Crippen LogP contribution in [-0.4, -0.2) is 17.3 Å². The fourth-order valence-corrected chi connectivity index (χ4v) is 1.78. The summed E-state index contributed by atoms with van der Waals surface area (Å²) in [6, 6.07) is 7.34. The van der Waals surface area contributed by atoms with Gasteiger partial charge in [-0.3, -0.25) is 0 Å². The van der Waals surface area contributed by atoms with Gasteiger partial charge in [-0.15, -0.1) is 0 Å². The summed E-state index contributed by atoms with van der Waals surface area (Å²) in [7, 11) is 0. The molecule has 0 fully saturated rings. The zero-order valence-electron chi connectivity index (χ0n) is 8.18. The van der Waals surface area contributed by atoms with E-state index < -0.39 is 18.3 Å². The van der Waals surface area contributed by atoms with Crippen LogP contribution in [0.3, 0.4) is 0 Å². The van der Waals surface area contributed by atoms with Crippen LogP contribution < -0.4 is 5.73 Å². The van der Waals surface area contributed by atoms with Gasteiger partial charge < -0.3 is 15.6 Å². The molecule has 82 valence electrons. The molecule has 15 heavy (non-hydrogen) atoms. The van der Waals surface area contributed by atoms with Crippen molar-refractivity contribution in [3.05, 3.63) is 33.4 Å². The van der Waals surface area contributed by atoms with Gasteiger partial charge >= 0.3 is 6.09 Å². The molecule has 0 heterocycles. The first-order valence-corrected chi connectivity index (χ1v) is 5.48. The van der Waals surface area contributed by atoms with Crippen molar-refractivity contribution in [1.29, 1.82) is 0 Å². The first-order chi connectivity index (χ1) is 7.00. The van der Waals surface area contributed by atoms with Crippen LogP contribution >= 0.6 is 22.6 Å². The minimum atomic E-state index is -0.882. The number of halogens is 1. The van der Waals surface area contributed by atoms with Crippen molar-refractivity contribution in [3.8, 4) is 0 Å². The highest BCUT2D eigenvalue weighted by atomic mass is 127. The largest absolute Gasteiger partial charge is 0.444 e. The highest BCUT2D eigenvalue weighted by molar-refractivity contribution is 14.1. The third-order valence-electron chi connectivity index (χ3n) is 1.94. The van der Waals surface area contributed by atoms with Crippen molar-refractivity contribution in [3.63, 3.8) is 0 Å². The van der Waals surface area contributed by atoms with Gasteiger partial charge in [0.2, 0.25) is 0 Å². The Balaban J connectivity index is 2.75. The van der Waals surface area contributed by atoms with E-state index in [4.69, 9.17) is 10.5 Å². The molecule has 0 bridgehead atoms. The Morgan fingerprint density at radius 1 is 1.60 bits per heavy atom. The number of ether oxygens (including phenoxy) is 1. The second-order valence-corrected chi connectivity index (χ2v) is 4.39. The van der Waals surface area contributed by atoms with Crippen molar-refractivity contribution in [2.75, 3.05) is 0 Å². The number of hydrogen-bond acceptors (Lipinski definition) is 3. The number of aliphatic hydroxyl groups is 1. The first-order valence-electron chi connectivity index (χ1n) is 4.40. The van der Waals surface area contributed by atoms with Gasteiger partial charge in [0, 0.05) is 3.57 Å². The van der Waals surface area contributed by atoms with Crippen LogP contribution in [0.15, 0.2) is 24.3 Å². The Kier molecular flexibility index (Phi) is 4.34. The lowest BCUT2D eigenvalue weighted by Gasteiger charge is -2.18. The van der Waals surface area contributed by atoms with E-state index in [1.54, 1.807) is 13.0 Å². The highest BCUT2D eigenvalue weighted by Gasteiger charge is 2.19. The molecule has 3 N–H and O–H groups in total.